The van der Waals surface area contributed by atoms with E-state index in [0.29, 0.717) is 0 Å². The molecule has 0 aliphatic carbocycles. The van der Waals surface area contributed by atoms with Crippen LogP contribution in [0.1, 0.15) is 36.8 Å². The Morgan fingerprint density at radius 3 is 2.67 bits per heavy atom. The van der Waals surface area contributed by atoms with Gasteiger partial charge in [-0.25, -0.2) is 4.98 Å². The first-order valence-electron chi connectivity index (χ1n) is 6.53. The Labute approximate surface area is 108 Å². The lowest BCUT2D eigenvalue weighted by molar-refractivity contribution is 0.265. The van der Waals surface area contributed by atoms with Crippen molar-refractivity contribution in [2.24, 2.45) is 0 Å². The fourth-order valence-electron chi connectivity index (χ4n) is 2.10. The summed E-state index contributed by atoms with van der Waals surface area (Å²) in [5.41, 5.74) is 2.45. The first-order chi connectivity index (χ1) is 8.85. The van der Waals surface area contributed by atoms with Gasteiger partial charge in [-0.3, -0.25) is 0 Å². The zero-order valence-electron chi connectivity index (χ0n) is 10.8. The third-order valence-corrected chi connectivity index (χ3v) is 3.13. The number of imidazole rings is 1. The molecule has 0 radical (unpaired) electrons. The van der Waals surface area contributed by atoms with Crippen LogP contribution < -0.4 is 0 Å². The highest BCUT2D eigenvalue weighted by atomic mass is 16.3. The minimum Gasteiger partial charge on any atom is -0.388 e. The Kier molecular flexibility index (Phi) is 4.53. The molecule has 2 rings (SSSR count). The van der Waals surface area contributed by atoms with Crippen LogP contribution in [-0.2, 0) is 19.6 Å². The van der Waals surface area contributed by atoms with Crippen LogP contribution in [0.5, 0.6) is 0 Å². The molecule has 1 aromatic carbocycles. The average Bonchev–Trinajstić information content (AvgIpc) is 2.80. The molecule has 0 aliphatic heterocycles. The second-order valence-electron chi connectivity index (χ2n) is 4.50. The Hall–Kier alpha value is -1.61. The number of aliphatic hydroxyl groups excluding tert-OH is 1. The van der Waals surface area contributed by atoms with Gasteiger partial charge in [-0.15, -0.1) is 0 Å². The fraction of sp³-hybridized carbons (Fsp3) is 0.400. The van der Waals surface area contributed by atoms with Crippen molar-refractivity contribution in [3.63, 3.8) is 0 Å². The molecule has 0 amide bonds. The van der Waals surface area contributed by atoms with Gasteiger partial charge in [-0.2, -0.15) is 0 Å². The van der Waals surface area contributed by atoms with Crippen molar-refractivity contribution in [2.75, 3.05) is 0 Å². The maximum Gasteiger partial charge on any atom is 0.135 e. The number of hydrogen-bond donors (Lipinski definition) is 1. The molecule has 96 valence electrons. The summed E-state index contributed by atoms with van der Waals surface area (Å²) in [5.74, 6) is 0.755. The second kappa shape index (κ2) is 6.36. The highest BCUT2D eigenvalue weighted by Crippen LogP contribution is 2.12. The first kappa shape index (κ1) is 12.8. The molecule has 1 aromatic heterocycles. The zero-order valence-corrected chi connectivity index (χ0v) is 10.8. The summed E-state index contributed by atoms with van der Waals surface area (Å²) >= 11 is 0. The van der Waals surface area contributed by atoms with Crippen LogP contribution in [-0.4, -0.2) is 14.7 Å². The largest absolute Gasteiger partial charge is 0.388 e. The summed E-state index contributed by atoms with van der Waals surface area (Å²) in [4.78, 5) is 4.30. The highest BCUT2D eigenvalue weighted by Gasteiger charge is 2.09. The maximum absolute atomic E-state index is 9.35. The van der Waals surface area contributed by atoms with Crippen LogP contribution >= 0.6 is 0 Å². The van der Waals surface area contributed by atoms with Gasteiger partial charge in [0.1, 0.15) is 12.4 Å². The number of aliphatic hydroxyl groups is 1. The van der Waals surface area contributed by atoms with Gasteiger partial charge in [0.15, 0.2) is 0 Å². The van der Waals surface area contributed by atoms with Crippen LogP contribution in [0.25, 0.3) is 0 Å². The molecule has 2 aromatic rings. The summed E-state index contributed by atoms with van der Waals surface area (Å²) in [6, 6.07) is 10.3. The van der Waals surface area contributed by atoms with E-state index in [1.165, 1.54) is 17.7 Å². The van der Waals surface area contributed by atoms with E-state index in [1.54, 1.807) is 0 Å². The zero-order chi connectivity index (χ0) is 12.8. The number of hydrogen-bond acceptors (Lipinski definition) is 2. The summed E-state index contributed by atoms with van der Waals surface area (Å²) in [6.45, 7) is 2.97. The molecule has 0 aliphatic rings. The normalized spacial score (nSPS) is 10.8. The van der Waals surface area contributed by atoms with Gasteiger partial charge in [0.2, 0.25) is 0 Å². The van der Waals surface area contributed by atoms with Crippen molar-refractivity contribution in [1.29, 1.82) is 0 Å². The number of aryl methyl sites for hydroxylation is 1. The molecule has 0 atom stereocenters. The smallest absolute Gasteiger partial charge is 0.135 e. The third kappa shape index (κ3) is 2.99. The van der Waals surface area contributed by atoms with Gasteiger partial charge < -0.3 is 9.67 Å². The maximum atomic E-state index is 9.35. The summed E-state index contributed by atoms with van der Waals surface area (Å²) in [7, 11) is 0. The number of rotatable bonds is 6. The van der Waals surface area contributed by atoms with E-state index in [4.69, 9.17) is 0 Å². The van der Waals surface area contributed by atoms with Crippen molar-refractivity contribution >= 4 is 0 Å². The quantitative estimate of drug-likeness (QED) is 0.848. The molecule has 0 fully saturated rings. The Morgan fingerprint density at radius 2 is 2.00 bits per heavy atom. The van der Waals surface area contributed by atoms with Crippen molar-refractivity contribution in [3.8, 4) is 0 Å². The molecule has 0 saturated carbocycles. The molecule has 3 nitrogen and oxygen atoms in total. The molecule has 0 bridgehead atoms. The van der Waals surface area contributed by atoms with E-state index in [1.807, 2.05) is 24.4 Å². The van der Waals surface area contributed by atoms with E-state index in [9.17, 15) is 5.11 Å². The van der Waals surface area contributed by atoms with Gasteiger partial charge >= 0.3 is 0 Å². The average molecular weight is 244 g/mol. The van der Waals surface area contributed by atoms with Crippen LogP contribution in [0.3, 0.4) is 0 Å². The van der Waals surface area contributed by atoms with E-state index < -0.39 is 0 Å². The predicted molar refractivity (Wildman–Crippen MR) is 72.3 cm³/mol. The minimum absolute atomic E-state index is 0.00103. The fourth-order valence-corrected chi connectivity index (χ4v) is 2.10. The Morgan fingerprint density at radius 1 is 1.22 bits per heavy atom. The van der Waals surface area contributed by atoms with Crippen LogP contribution in [0.2, 0.25) is 0 Å². The second-order valence-corrected chi connectivity index (χ2v) is 4.50. The SMILES string of the molecule is CCCCc1cnc(CO)n1Cc1ccccc1. The van der Waals surface area contributed by atoms with Gasteiger partial charge in [-0.05, 0) is 18.4 Å². The van der Waals surface area contributed by atoms with Crippen molar-refractivity contribution < 1.29 is 5.11 Å². The summed E-state index contributed by atoms with van der Waals surface area (Å²) in [5, 5.41) is 9.35. The molecule has 18 heavy (non-hydrogen) atoms. The van der Waals surface area contributed by atoms with E-state index in [0.717, 1.165) is 25.2 Å². The van der Waals surface area contributed by atoms with Crippen LogP contribution in [0, 0.1) is 0 Å². The minimum atomic E-state index is -0.00103. The van der Waals surface area contributed by atoms with Crippen molar-refractivity contribution in [1.82, 2.24) is 9.55 Å². The number of benzene rings is 1. The van der Waals surface area contributed by atoms with E-state index >= 15 is 0 Å². The molecular formula is C15H20N2O. The van der Waals surface area contributed by atoms with Gasteiger partial charge in [0.25, 0.3) is 0 Å². The molecule has 0 saturated heterocycles. The molecule has 3 heteroatoms. The Bertz CT molecular complexity index is 476. The van der Waals surface area contributed by atoms with E-state index in [2.05, 4.69) is 28.6 Å². The number of nitrogens with zero attached hydrogens (tertiary/aromatic N) is 2. The lowest BCUT2D eigenvalue weighted by Gasteiger charge is -2.11. The van der Waals surface area contributed by atoms with Crippen LogP contribution in [0.4, 0.5) is 0 Å². The van der Waals surface area contributed by atoms with Crippen LogP contribution in [0.15, 0.2) is 36.5 Å². The highest BCUT2D eigenvalue weighted by molar-refractivity contribution is 5.17. The molecule has 0 spiro atoms. The topological polar surface area (TPSA) is 38.1 Å². The molecular weight excluding hydrogens is 224 g/mol. The molecule has 0 unspecified atom stereocenters. The standard InChI is InChI=1S/C15H20N2O/c1-2-3-9-14-10-16-15(12-18)17(14)11-13-7-5-4-6-8-13/h4-8,10,18H,2-3,9,11-12H2,1H3. The van der Waals surface area contributed by atoms with Gasteiger partial charge in [0, 0.05) is 18.4 Å². The lowest BCUT2D eigenvalue weighted by atomic mass is 10.2. The van der Waals surface area contributed by atoms with Gasteiger partial charge in [0.05, 0.1) is 0 Å². The number of aromatic nitrogens is 2. The monoisotopic (exact) mass is 244 g/mol. The lowest BCUT2D eigenvalue weighted by Crippen LogP contribution is -2.09. The van der Waals surface area contributed by atoms with Gasteiger partial charge in [-0.1, -0.05) is 43.7 Å². The predicted octanol–water partition coefficient (Wildman–Crippen LogP) is 2.77. The molecule has 1 heterocycles. The summed E-state index contributed by atoms with van der Waals surface area (Å²) in [6.07, 6.45) is 5.25. The summed E-state index contributed by atoms with van der Waals surface area (Å²) < 4.78 is 2.13. The third-order valence-electron chi connectivity index (χ3n) is 3.13. The Balaban J connectivity index is 2.21. The van der Waals surface area contributed by atoms with Crippen molar-refractivity contribution in [2.45, 2.75) is 39.3 Å². The van der Waals surface area contributed by atoms with Crippen molar-refractivity contribution in [3.05, 3.63) is 53.6 Å². The van der Waals surface area contributed by atoms with E-state index in [-0.39, 0.29) is 6.61 Å². The number of unbranched alkanes of at least 4 members (excludes halogenated alkanes) is 1. The molecule has 1 N–H and O–H groups in total. The first-order valence-corrected chi connectivity index (χ1v) is 6.53.